The first kappa shape index (κ1) is 19.8. The maximum Gasteiger partial charge on any atom is 0.260 e. The van der Waals surface area contributed by atoms with E-state index >= 15 is 0 Å². The second-order valence-electron chi connectivity index (χ2n) is 6.33. The second kappa shape index (κ2) is 8.84. The van der Waals surface area contributed by atoms with E-state index in [2.05, 4.69) is 4.90 Å². The van der Waals surface area contributed by atoms with Gasteiger partial charge in [0, 0.05) is 31.2 Å². The van der Waals surface area contributed by atoms with E-state index in [1.165, 1.54) is 12.1 Å². The summed E-state index contributed by atoms with van der Waals surface area (Å²) in [7, 11) is 1.65. The standard InChI is InChI=1S/C20H22ClN3O4/c1-27-18-5-3-2-4-16(18)23-8-10-24(11-9-23)19(25)13-28-17-7-6-14(21)12-15(17)20(22)26/h2-7,12H,8-11,13H2,1H3,(H2,22,26). The number of ether oxygens (including phenoxy) is 2. The molecule has 0 atom stereocenters. The minimum Gasteiger partial charge on any atom is -0.495 e. The molecule has 0 saturated carbocycles. The predicted octanol–water partition coefficient (Wildman–Crippen LogP) is 2.18. The molecular formula is C20H22ClN3O4. The zero-order chi connectivity index (χ0) is 20.1. The molecule has 2 aromatic carbocycles. The number of para-hydroxylation sites is 2. The average molecular weight is 404 g/mol. The van der Waals surface area contributed by atoms with Gasteiger partial charge >= 0.3 is 0 Å². The summed E-state index contributed by atoms with van der Waals surface area (Å²) in [6, 6.07) is 12.4. The molecule has 7 nitrogen and oxygen atoms in total. The first-order chi connectivity index (χ1) is 13.5. The van der Waals surface area contributed by atoms with Crippen molar-refractivity contribution in [2.75, 3.05) is 44.8 Å². The van der Waals surface area contributed by atoms with E-state index < -0.39 is 5.91 Å². The highest BCUT2D eigenvalue weighted by Gasteiger charge is 2.23. The molecule has 0 aromatic heterocycles. The first-order valence-electron chi connectivity index (χ1n) is 8.87. The van der Waals surface area contributed by atoms with Gasteiger partial charge < -0.3 is 25.0 Å². The zero-order valence-corrected chi connectivity index (χ0v) is 16.3. The lowest BCUT2D eigenvalue weighted by Gasteiger charge is -2.36. The number of amides is 2. The number of piperazine rings is 1. The molecule has 8 heteroatoms. The lowest BCUT2D eigenvalue weighted by atomic mass is 10.2. The van der Waals surface area contributed by atoms with Crippen molar-refractivity contribution in [2.24, 2.45) is 5.73 Å². The molecule has 0 bridgehead atoms. The van der Waals surface area contributed by atoms with Gasteiger partial charge in [0.25, 0.3) is 11.8 Å². The number of halogens is 1. The lowest BCUT2D eigenvalue weighted by Crippen LogP contribution is -2.50. The average Bonchev–Trinajstić information content (AvgIpc) is 2.72. The Balaban J connectivity index is 1.57. The highest BCUT2D eigenvalue weighted by molar-refractivity contribution is 6.31. The summed E-state index contributed by atoms with van der Waals surface area (Å²) >= 11 is 5.88. The molecule has 0 spiro atoms. The third kappa shape index (κ3) is 4.48. The van der Waals surface area contributed by atoms with Crippen LogP contribution in [0.5, 0.6) is 11.5 Å². The van der Waals surface area contributed by atoms with E-state index in [0.29, 0.717) is 31.2 Å². The van der Waals surface area contributed by atoms with Crippen molar-refractivity contribution >= 4 is 29.1 Å². The largest absolute Gasteiger partial charge is 0.495 e. The van der Waals surface area contributed by atoms with Gasteiger partial charge in [0.15, 0.2) is 6.61 Å². The van der Waals surface area contributed by atoms with Crippen LogP contribution in [0.2, 0.25) is 5.02 Å². The number of carbonyl (C=O) groups is 2. The van der Waals surface area contributed by atoms with E-state index in [-0.39, 0.29) is 23.8 Å². The lowest BCUT2D eigenvalue weighted by molar-refractivity contribution is -0.133. The van der Waals surface area contributed by atoms with E-state index in [1.807, 2.05) is 24.3 Å². The van der Waals surface area contributed by atoms with Gasteiger partial charge in [-0.05, 0) is 30.3 Å². The molecule has 1 heterocycles. The van der Waals surface area contributed by atoms with Gasteiger partial charge in [-0.2, -0.15) is 0 Å². The Kier molecular flexibility index (Phi) is 6.26. The molecule has 1 fully saturated rings. The molecule has 3 rings (SSSR count). The smallest absolute Gasteiger partial charge is 0.260 e. The monoisotopic (exact) mass is 403 g/mol. The fourth-order valence-corrected chi connectivity index (χ4v) is 3.31. The van der Waals surface area contributed by atoms with Crippen LogP contribution < -0.4 is 20.1 Å². The van der Waals surface area contributed by atoms with Crippen LogP contribution in [0.3, 0.4) is 0 Å². The quantitative estimate of drug-likeness (QED) is 0.799. The molecule has 2 amide bonds. The van der Waals surface area contributed by atoms with Crippen LogP contribution in [0.4, 0.5) is 5.69 Å². The summed E-state index contributed by atoms with van der Waals surface area (Å²) in [4.78, 5) is 27.9. The number of benzene rings is 2. The van der Waals surface area contributed by atoms with Gasteiger partial charge in [-0.15, -0.1) is 0 Å². The summed E-state index contributed by atoms with van der Waals surface area (Å²) in [5.74, 6) is 0.255. The number of rotatable bonds is 6. The minimum atomic E-state index is -0.657. The Morgan fingerprint density at radius 2 is 1.79 bits per heavy atom. The van der Waals surface area contributed by atoms with Crippen LogP contribution in [0.1, 0.15) is 10.4 Å². The molecule has 2 aromatic rings. The van der Waals surface area contributed by atoms with Crippen molar-refractivity contribution in [3.63, 3.8) is 0 Å². The summed E-state index contributed by atoms with van der Waals surface area (Å²) in [5, 5.41) is 0.375. The molecule has 1 aliphatic rings. The fourth-order valence-electron chi connectivity index (χ4n) is 3.14. The van der Waals surface area contributed by atoms with Crippen molar-refractivity contribution < 1.29 is 19.1 Å². The number of methoxy groups -OCH3 is 1. The molecule has 0 aliphatic carbocycles. The van der Waals surface area contributed by atoms with Crippen molar-refractivity contribution in [3.8, 4) is 11.5 Å². The Hall–Kier alpha value is -2.93. The Morgan fingerprint density at radius 3 is 2.46 bits per heavy atom. The molecule has 0 radical (unpaired) electrons. The van der Waals surface area contributed by atoms with Gasteiger partial charge in [-0.3, -0.25) is 9.59 Å². The zero-order valence-electron chi connectivity index (χ0n) is 15.6. The van der Waals surface area contributed by atoms with Gasteiger partial charge in [-0.1, -0.05) is 23.7 Å². The van der Waals surface area contributed by atoms with Crippen molar-refractivity contribution in [1.29, 1.82) is 0 Å². The third-order valence-electron chi connectivity index (χ3n) is 4.62. The number of carbonyl (C=O) groups excluding carboxylic acids is 2. The van der Waals surface area contributed by atoms with Gasteiger partial charge in [0.1, 0.15) is 11.5 Å². The van der Waals surface area contributed by atoms with E-state index in [9.17, 15) is 9.59 Å². The minimum absolute atomic E-state index is 0.148. The highest BCUT2D eigenvalue weighted by atomic mass is 35.5. The summed E-state index contributed by atoms with van der Waals surface area (Å²) in [6.07, 6.45) is 0. The van der Waals surface area contributed by atoms with Gasteiger partial charge in [-0.25, -0.2) is 0 Å². The number of hydrogen-bond acceptors (Lipinski definition) is 5. The normalized spacial score (nSPS) is 13.9. The number of hydrogen-bond donors (Lipinski definition) is 1. The van der Waals surface area contributed by atoms with Crippen LogP contribution in [-0.4, -0.2) is 56.6 Å². The molecule has 1 saturated heterocycles. The first-order valence-corrected chi connectivity index (χ1v) is 9.25. The van der Waals surface area contributed by atoms with Crippen LogP contribution in [0.15, 0.2) is 42.5 Å². The maximum absolute atomic E-state index is 12.5. The SMILES string of the molecule is COc1ccccc1N1CCN(C(=O)COc2ccc(Cl)cc2C(N)=O)CC1. The third-order valence-corrected chi connectivity index (χ3v) is 4.85. The van der Waals surface area contributed by atoms with Crippen LogP contribution >= 0.6 is 11.6 Å². The predicted molar refractivity (Wildman–Crippen MR) is 107 cm³/mol. The van der Waals surface area contributed by atoms with Crippen molar-refractivity contribution in [3.05, 3.63) is 53.1 Å². The molecule has 2 N–H and O–H groups in total. The van der Waals surface area contributed by atoms with Crippen molar-refractivity contribution in [2.45, 2.75) is 0 Å². The van der Waals surface area contributed by atoms with E-state index in [4.69, 9.17) is 26.8 Å². The molecule has 0 unspecified atom stereocenters. The second-order valence-corrected chi connectivity index (χ2v) is 6.77. The van der Waals surface area contributed by atoms with E-state index in [1.54, 1.807) is 18.1 Å². The highest BCUT2D eigenvalue weighted by Crippen LogP contribution is 2.28. The summed E-state index contributed by atoms with van der Waals surface area (Å²) in [5.41, 5.74) is 6.51. The van der Waals surface area contributed by atoms with Crippen LogP contribution in [0, 0.1) is 0 Å². The molecule has 28 heavy (non-hydrogen) atoms. The molecule has 1 aliphatic heterocycles. The number of anilines is 1. The van der Waals surface area contributed by atoms with Crippen LogP contribution in [0.25, 0.3) is 0 Å². The summed E-state index contributed by atoms with van der Waals surface area (Å²) < 4.78 is 10.9. The number of nitrogens with two attached hydrogens (primary N) is 1. The van der Waals surface area contributed by atoms with Gasteiger partial charge in [0.2, 0.25) is 0 Å². The number of primary amides is 1. The van der Waals surface area contributed by atoms with Gasteiger partial charge in [0.05, 0.1) is 18.4 Å². The Bertz CT molecular complexity index is 866. The Morgan fingerprint density at radius 1 is 1.07 bits per heavy atom. The van der Waals surface area contributed by atoms with Crippen molar-refractivity contribution in [1.82, 2.24) is 4.90 Å². The van der Waals surface area contributed by atoms with E-state index in [0.717, 1.165) is 11.4 Å². The maximum atomic E-state index is 12.5. The fraction of sp³-hybridized carbons (Fsp3) is 0.300. The number of nitrogens with zero attached hydrogens (tertiary/aromatic N) is 2. The summed E-state index contributed by atoms with van der Waals surface area (Å²) in [6.45, 7) is 2.36. The van der Waals surface area contributed by atoms with Crippen LogP contribution in [-0.2, 0) is 4.79 Å². The molecule has 148 valence electrons. The topological polar surface area (TPSA) is 85.1 Å². The molecular weight excluding hydrogens is 382 g/mol. The Labute approximate surface area is 168 Å².